The summed E-state index contributed by atoms with van der Waals surface area (Å²) in [5.41, 5.74) is 1.67. The van der Waals surface area contributed by atoms with Crippen molar-refractivity contribution < 1.29 is 23.9 Å². The predicted molar refractivity (Wildman–Crippen MR) is 109 cm³/mol. The molecule has 0 saturated carbocycles. The Morgan fingerprint density at radius 1 is 0.833 bits per heavy atom. The van der Waals surface area contributed by atoms with Crippen LogP contribution in [-0.4, -0.2) is 36.5 Å². The van der Waals surface area contributed by atoms with E-state index in [0.717, 1.165) is 11.1 Å². The summed E-state index contributed by atoms with van der Waals surface area (Å²) in [7, 11) is 0. The minimum absolute atomic E-state index is 0.0602. The first-order valence-corrected chi connectivity index (χ1v) is 9.26. The van der Waals surface area contributed by atoms with E-state index < -0.39 is 36.5 Å². The van der Waals surface area contributed by atoms with Gasteiger partial charge in [-0.1, -0.05) is 60.7 Å². The highest BCUT2D eigenvalue weighted by atomic mass is 16.5. The van der Waals surface area contributed by atoms with Crippen molar-refractivity contribution in [2.24, 2.45) is 0 Å². The summed E-state index contributed by atoms with van der Waals surface area (Å²) in [6.07, 6.45) is -2.06. The lowest BCUT2D eigenvalue weighted by Gasteiger charge is -2.19. The molecule has 2 rings (SSSR count). The predicted octanol–water partition coefficient (Wildman–Crippen LogP) is 0.808. The smallest absolute Gasteiger partial charge is 0.407 e. The van der Waals surface area contributed by atoms with E-state index in [4.69, 9.17) is 4.74 Å². The zero-order valence-electron chi connectivity index (χ0n) is 16.5. The molecule has 9 nitrogen and oxygen atoms in total. The third kappa shape index (κ3) is 8.42. The Balaban J connectivity index is 1.78. The summed E-state index contributed by atoms with van der Waals surface area (Å²) in [5, 5.41) is 9.64. The number of nitrogens with one attached hydrogen (secondary N) is 4. The number of rotatable bonds is 9. The van der Waals surface area contributed by atoms with Gasteiger partial charge in [-0.3, -0.25) is 14.4 Å². The molecule has 0 saturated heterocycles. The molecule has 1 atom stereocenters. The van der Waals surface area contributed by atoms with E-state index in [1.54, 1.807) is 12.1 Å². The van der Waals surface area contributed by atoms with Crippen LogP contribution in [0.1, 0.15) is 18.1 Å². The van der Waals surface area contributed by atoms with Crippen LogP contribution in [0.3, 0.4) is 0 Å². The Kier molecular flexibility index (Phi) is 8.85. The molecule has 1 unspecified atom stereocenters. The summed E-state index contributed by atoms with van der Waals surface area (Å²) in [6.45, 7) is 1.10. The van der Waals surface area contributed by atoms with Crippen molar-refractivity contribution in [3.63, 3.8) is 0 Å². The molecule has 0 radical (unpaired) electrons. The van der Waals surface area contributed by atoms with Crippen LogP contribution in [0.15, 0.2) is 60.7 Å². The minimum Gasteiger partial charge on any atom is -0.445 e. The fourth-order valence-electron chi connectivity index (χ4n) is 2.40. The van der Waals surface area contributed by atoms with Gasteiger partial charge in [0.15, 0.2) is 6.17 Å². The molecule has 0 aromatic heterocycles. The highest BCUT2D eigenvalue weighted by Crippen LogP contribution is 2.00. The second kappa shape index (κ2) is 11.8. The van der Waals surface area contributed by atoms with Gasteiger partial charge >= 0.3 is 6.09 Å². The lowest BCUT2D eigenvalue weighted by Crippen LogP contribution is -2.57. The number of amides is 4. The van der Waals surface area contributed by atoms with Crippen LogP contribution in [0.25, 0.3) is 0 Å². The zero-order chi connectivity index (χ0) is 21.8. The van der Waals surface area contributed by atoms with Crippen LogP contribution in [0.5, 0.6) is 0 Å². The van der Waals surface area contributed by atoms with Crippen LogP contribution >= 0.6 is 0 Å². The van der Waals surface area contributed by atoms with Gasteiger partial charge in [-0.05, 0) is 11.1 Å². The summed E-state index contributed by atoms with van der Waals surface area (Å²) >= 11 is 0. The zero-order valence-corrected chi connectivity index (χ0v) is 16.5. The van der Waals surface area contributed by atoms with Crippen molar-refractivity contribution in [3.05, 3.63) is 71.8 Å². The molecular weight excluding hydrogens is 388 g/mol. The van der Waals surface area contributed by atoms with Gasteiger partial charge in [0.05, 0.1) is 0 Å². The number of alkyl carbamates (subject to hydrolysis) is 1. The molecule has 2 aromatic carbocycles. The fraction of sp³-hybridized carbons (Fsp3) is 0.238. The Morgan fingerprint density at radius 2 is 1.43 bits per heavy atom. The standard InChI is InChI=1S/C21H24N4O5/c1-15(26)24-19(20(28)22-12-16-8-4-2-5-9-16)25-18(27)13-23-21(29)30-14-17-10-6-3-7-11-17/h2-11,19H,12-14H2,1H3,(H,22,28)(H,23,29)(H,24,26)(H,25,27). The molecule has 0 aliphatic heterocycles. The number of hydrogen-bond donors (Lipinski definition) is 4. The molecule has 30 heavy (non-hydrogen) atoms. The molecule has 158 valence electrons. The van der Waals surface area contributed by atoms with Crippen LogP contribution < -0.4 is 21.3 Å². The monoisotopic (exact) mass is 412 g/mol. The van der Waals surface area contributed by atoms with Crippen molar-refractivity contribution in [1.82, 2.24) is 21.3 Å². The largest absolute Gasteiger partial charge is 0.445 e. The Hall–Kier alpha value is -3.88. The second-order valence-corrected chi connectivity index (χ2v) is 6.32. The van der Waals surface area contributed by atoms with Crippen molar-refractivity contribution in [3.8, 4) is 0 Å². The van der Waals surface area contributed by atoms with E-state index in [9.17, 15) is 19.2 Å². The van der Waals surface area contributed by atoms with Crippen molar-refractivity contribution in [2.75, 3.05) is 6.54 Å². The molecule has 0 aliphatic rings. The molecule has 4 amide bonds. The van der Waals surface area contributed by atoms with Crippen LogP contribution in [0.4, 0.5) is 4.79 Å². The average molecular weight is 412 g/mol. The molecule has 0 spiro atoms. The first kappa shape index (κ1) is 22.4. The third-order valence-corrected chi connectivity index (χ3v) is 3.83. The summed E-state index contributed by atoms with van der Waals surface area (Å²) in [4.78, 5) is 47.5. The normalized spacial score (nSPS) is 11.0. The van der Waals surface area contributed by atoms with E-state index in [2.05, 4.69) is 21.3 Å². The van der Waals surface area contributed by atoms with E-state index in [1.165, 1.54) is 6.92 Å². The SMILES string of the molecule is CC(=O)NC(NC(=O)CNC(=O)OCc1ccccc1)C(=O)NCc1ccccc1. The summed E-state index contributed by atoms with van der Waals surface area (Å²) < 4.78 is 5.00. The molecule has 0 aliphatic carbocycles. The number of carbonyl (C=O) groups is 4. The van der Waals surface area contributed by atoms with Crippen molar-refractivity contribution >= 4 is 23.8 Å². The third-order valence-electron chi connectivity index (χ3n) is 3.83. The average Bonchev–Trinajstić information content (AvgIpc) is 2.75. The number of benzene rings is 2. The Labute approximate surface area is 174 Å². The number of ether oxygens (including phenoxy) is 1. The van der Waals surface area contributed by atoms with Gasteiger partial charge in [-0.15, -0.1) is 0 Å². The van der Waals surface area contributed by atoms with Gasteiger partial charge in [-0.2, -0.15) is 0 Å². The molecule has 2 aromatic rings. The van der Waals surface area contributed by atoms with Gasteiger partial charge in [0.2, 0.25) is 11.8 Å². The molecule has 0 bridgehead atoms. The summed E-state index contributed by atoms with van der Waals surface area (Å²) in [6, 6.07) is 18.2. The highest BCUT2D eigenvalue weighted by Gasteiger charge is 2.21. The van der Waals surface area contributed by atoms with Crippen molar-refractivity contribution in [1.29, 1.82) is 0 Å². The lowest BCUT2D eigenvalue weighted by molar-refractivity contribution is -0.132. The van der Waals surface area contributed by atoms with Gasteiger partial charge < -0.3 is 26.0 Å². The van der Waals surface area contributed by atoms with Gasteiger partial charge in [0.1, 0.15) is 13.2 Å². The van der Waals surface area contributed by atoms with Crippen LogP contribution in [-0.2, 0) is 32.3 Å². The van der Waals surface area contributed by atoms with E-state index in [1.807, 2.05) is 48.5 Å². The molecule has 0 fully saturated rings. The molecule has 0 heterocycles. The molecule has 4 N–H and O–H groups in total. The van der Waals surface area contributed by atoms with Gasteiger partial charge in [0, 0.05) is 13.5 Å². The number of carbonyl (C=O) groups excluding carboxylic acids is 4. The second-order valence-electron chi connectivity index (χ2n) is 6.32. The maximum Gasteiger partial charge on any atom is 0.407 e. The fourth-order valence-corrected chi connectivity index (χ4v) is 2.40. The Bertz CT molecular complexity index is 858. The Morgan fingerprint density at radius 3 is 2.03 bits per heavy atom. The van der Waals surface area contributed by atoms with E-state index >= 15 is 0 Å². The highest BCUT2D eigenvalue weighted by molar-refractivity contribution is 5.91. The van der Waals surface area contributed by atoms with E-state index in [0.29, 0.717) is 0 Å². The van der Waals surface area contributed by atoms with Gasteiger partial charge in [0.25, 0.3) is 5.91 Å². The number of hydrogen-bond acceptors (Lipinski definition) is 5. The maximum atomic E-state index is 12.3. The first-order valence-electron chi connectivity index (χ1n) is 9.26. The van der Waals surface area contributed by atoms with Gasteiger partial charge in [-0.25, -0.2) is 4.79 Å². The topological polar surface area (TPSA) is 126 Å². The van der Waals surface area contributed by atoms with Crippen molar-refractivity contribution in [2.45, 2.75) is 26.2 Å². The first-order chi connectivity index (χ1) is 14.4. The quantitative estimate of drug-likeness (QED) is 0.454. The van der Waals surface area contributed by atoms with Crippen LogP contribution in [0, 0.1) is 0 Å². The summed E-state index contributed by atoms with van der Waals surface area (Å²) in [5.74, 6) is -1.75. The minimum atomic E-state index is -1.28. The molecular formula is C21H24N4O5. The lowest BCUT2D eigenvalue weighted by atomic mass is 10.2. The maximum absolute atomic E-state index is 12.3. The van der Waals surface area contributed by atoms with E-state index in [-0.39, 0.29) is 13.2 Å². The van der Waals surface area contributed by atoms with Crippen LogP contribution in [0.2, 0.25) is 0 Å². The molecule has 9 heteroatoms.